The molecule has 0 heterocycles. The van der Waals surface area contributed by atoms with Crippen LogP contribution in [0.1, 0.15) is 6.92 Å². The SMILES string of the molecule is CCO.[Mo+4]. The van der Waals surface area contributed by atoms with Gasteiger partial charge in [-0.25, -0.2) is 0 Å². The van der Waals surface area contributed by atoms with Gasteiger partial charge in [0.2, 0.25) is 0 Å². The van der Waals surface area contributed by atoms with Gasteiger partial charge in [0.15, 0.2) is 0 Å². The number of rotatable bonds is 0. The fourth-order valence-corrected chi connectivity index (χ4v) is 0. The Bertz CT molecular complexity index is 6.00. The van der Waals surface area contributed by atoms with E-state index in [0.717, 1.165) is 0 Å². The van der Waals surface area contributed by atoms with Crippen molar-refractivity contribution in [3.8, 4) is 0 Å². The predicted molar refractivity (Wildman–Crippen MR) is 12.8 cm³/mol. The molecule has 22 valence electrons. The monoisotopic (exact) mass is 144 g/mol. The molecule has 0 bridgehead atoms. The number of hydrogen-bond donors (Lipinski definition) is 1. The maximum Gasteiger partial charge on any atom is 4.00 e. The molecule has 0 unspecified atom stereocenters. The Kier molecular flexibility index (Phi) is 20.8. The Morgan fingerprint density at radius 2 is 1.75 bits per heavy atom. The van der Waals surface area contributed by atoms with Gasteiger partial charge < -0.3 is 5.11 Å². The minimum atomic E-state index is 0. The molecule has 2 heteroatoms. The van der Waals surface area contributed by atoms with Crippen LogP contribution in [-0.4, -0.2) is 11.7 Å². The molecule has 0 fully saturated rings. The number of aliphatic hydroxyl groups is 1. The molecule has 1 N–H and O–H groups in total. The van der Waals surface area contributed by atoms with E-state index < -0.39 is 0 Å². The van der Waals surface area contributed by atoms with E-state index in [1.165, 1.54) is 0 Å². The van der Waals surface area contributed by atoms with Crippen LogP contribution in [0, 0.1) is 0 Å². The number of aliphatic hydroxyl groups excluding tert-OH is 1. The van der Waals surface area contributed by atoms with E-state index in [0.29, 0.717) is 0 Å². The number of hydrogen-bond acceptors (Lipinski definition) is 1. The van der Waals surface area contributed by atoms with Crippen molar-refractivity contribution in [3.63, 3.8) is 0 Å². The van der Waals surface area contributed by atoms with Gasteiger partial charge in [-0.05, 0) is 6.92 Å². The first-order valence-corrected chi connectivity index (χ1v) is 1.02. The average molecular weight is 142 g/mol. The molecule has 0 amide bonds. The van der Waals surface area contributed by atoms with Gasteiger partial charge >= 0.3 is 21.1 Å². The van der Waals surface area contributed by atoms with Crippen LogP contribution in [0.4, 0.5) is 0 Å². The van der Waals surface area contributed by atoms with Gasteiger partial charge in [0.25, 0.3) is 0 Å². The molecular weight excluding hydrogens is 136 g/mol. The largest absolute Gasteiger partial charge is 4.00 e. The molecule has 0 rings (SSSR count). The Morgan fingerprint density at radius 3 is 1.75 bits per heavy atom. The van der Waals surface area contributed by atoms with Crippen LogP contribution >= 0.6 is 0 Å². The van der Waals surface area contributed by atoms with Gasteiger partial charge in [-0.2, -0.15) is 0 Å². The molecule has 0 saturated carbocycles. The smallest absolute Gasteiger partial charge is 0.397 e. The van der Waals surface area contributed by atoms with Crippen molar-refractivity contribution in [1.29, 1.82) is 0 Å². The Labute approximate surface area is 40.3 Å². The molecule has 1 nitrogen and oxygen atoms in total. The van der Waals surface area contributed by atoms with Crippen molar-refractivity contribution >= 4 is 0 Å². The maximum atomic E-state index is 7.57. The van der Waals surface area contributed by atoms with Crippen molar-refractivity contribution in [2.24, 2.45) is 0 Å². The van der Waals surface area contributed by atoms with Crippen LogP contribution in [0.3, 0.4) is 0 Å². The summed E-state index contributed by atoms with van der Waals surface area (Å²) < 4.78 is 0. The fourth-order valence-electron chi connectivity index (χ4n) is 0. The van der Waals surface area contributed by atoms with Gasteiger partial charge in [0, 0.05) is 6.61 Å². The topological polar surface area (TPSA) is 20.2 Å². The average Bonchev–Trinajstić information content (AvgIpc) is 0.918. The maximum absolute atomic E-state index is 7.57. The summed E-state index contributed by atoms with van der Waals surface area (Å²) in [5.41, 5.74) is 0. The summed E-state index contributed by atoms with van der Waals surface area (Å²) >= 11 is 0. The molecule has 0 aromatic carbocycles. The predicted octanol–water partition coefficient (Wildman–Crippen LogP) is -0.00390. The van der Waals surface area contributed by atoms with Crippen LogP contribution in [0.5, 0.6) is 0 Å². The van der Waals surface area contributed by atoms with E-state index in [1.54, 1.807) is 6.92 Å². The molecule has 0 saturated heterocycles. The zero-order chi connectivity index (χ0) is 2.71. The third kappa shape index (κ3) is 17.1. The third-order valence-electron chi connectivity index (χ3n) is 0. The second-order valence-corrected chi connectivity index (χ2v) is 0.316. The van der Waals surface area contributed by atoms with Crippen LogP contribution in [0.25, 0.3) is 0 Å². The van der Waals surface area contributed by atoms with E-state index in [9.17, 15) is 0 Å². The summed E-state index contributed by atoms with van der Waals surface area (Å²) in [7, 11) is 0. The third-order valence-corrected chi connectivity index (χ3v) is 0. The van der Waals surface area contributed by atoms with E-state index in [4.69, 9.17) is 5.11 Å². The van der Waals surface area contributed by atoms with Crippen molar-refractivity contribution < 1.29 is 26.2 Å². The molecule has 0 aliphatic carbocycles. The van der Waals surface area contributed by atoms with Crippen molar-refractivity contribution in [2.75, 3.05) is 6.61 Å². The molecule has 0 atom stereocenters. The normalized spacial score (nSPS) is 4.50. The second kappa shape index (κ2) is 9.42. The van der Waals surface area contributed by atoms with Gasteiger partial charge in [-0.3, -0.25) is 0 Å². The van der Waals surface area contributed by atoms with Crippen LogP contribution < -0.4 is 0 Å². The quantitative estimate of drug-likeness (QED) is 0.472. The van der Waals surface area contributed by atoms with Gasteiger partial charge in [-0.15, -0.1) is 0 Å². The molecule has 0 aliphatic rings. The summed E-state index contributed by atoms with van der Waals surface area (Å²) in [6, 6.07) is 0. The zero-order valence-electron chi connectivity index (χ0n) is 2.56. The summed E-state index contributed by atoms with van der Waals surface area (Å²) in [6.45, 7) is 1.93. The first-order chi connectivity index (χ1) is 1.41. The van der Waals surface area contributed by atoms with Crippen LogP contribution in [-0.2, 0) is 21.1 Å². The molecule has 0 radical (unpaired) electrons. The van der Waals surface area contributed by atoms with E-state index in [2.05, 4.69) is 0 Å². The molecule has 4 heavy (non-hydrogen) atoms. The van der Waals surface area contributed by atoms with E-state index in [-0.39, 0.29) is 27.7 Å². The summed E-state index contributed by atoms with van der Waals surface area (Å²) in [6.07, 6.45) is 0. The Morgan fingerprint density at radius 1 is 1.75 bits per heavy atom. The van der Waals surface area contributed by atoms with Gasteiger partial charge in [0.05, 0.1) is 0 Å². The van der Waals surface area contributed by atoms with Crippen LogP contribution in [0.15, 0.2) is 0 Å². The first kappa shape index (κ1) is 8.82. The Balaban J connectivity index is 0. The van der Waals surface area contributed by atoms with Crippen molar-refractivity contribution in [1.82, 2.24) is 0 Å². The van der Waals surface area contributed by atoms with Gasteiger partial charge in [0.1, 0.15) is 0 Å². The van der Waals surface area contributed by atoms with Gasteiger partial charge in [-0.1, -0.05) is 0 Å². The molecule has 0 aromatic rings. The molecule has 0 aromatic heterocycles. The Hall–Kier alpha value is 0.648. The molecular formula is C2H6MoO+4. The van der Waals surface area contributed by atoms with Crippen molar-refractivity contribution in [2.45, 2.75) is 6.92 Å². The van der Waals surface area contributed by atoms with Crippen molar-refractivity contribution in [3.05, 3.63) is 0 Å². The molecule has 0 aliphatic heterocycles. The van der Waals surface area contributed by atoms with E-state index in [1.807, 2.05) is 0 Å². The zero-order valence-corrected chi connectivity index (χ0v) is 4.57. The minimum Gasteiger partial charge on any atom is -0.397 e. The fraction of sp³-hybridized carbons (Fsp3) is 1.00. The summed E-state index contributed by atoms with van der Waals surface area (Å²) in [5, 5.41) is 7.57. The van der Waals surface area contributed by atoms with Crippen LogP contribution in [0.2, 0.25) is 0 Å². The summed E-state index contributed by atoms with van der Waals surface area (Å²) in [4.78, 5) is 0. The molecule has 0 spiro atoms. The minimum absolute atomic E-state index is 0. The summed E-state index contributed by atoms with van der Waals surface area (Å²) in [5.74, 6) is 0. The standard InChI is InChI=1S/C2H6O.Mo/c1-2-3;/h3H,2H2,1H3;/q;+4. The second-order valence-electron chi connectivity index (χ2n) is 0.316. The van der Waals surface area contributed by atoms with E-state index >= 15 is 0 Å². The first-order valence-electron chi connectivity index (χ1n) is 1.02.